The molecule has 0 spiro atoms. The second-order valence-electron chi connectivity index (χ2n) is 4.43. The largest absolute Gasteiger partial charge is 0.309 e. The van der Waals surface area contributed by atoms with Crippen molar-refractivity contribution in [3.63, 3.8) is 0 Å². The van der Waals surface area contributed by atoms with Crippen LogP contribution < -0.4 is 5.43 Å². The van der Waals surface area contributed by atoms with Gasteiger partial charge in [0.15, 0.2) is 0 Å². The predicted octanol–water partition coefficient (Wildman–Crippen LogP) is 2.48. The average Bonchev–Trinajstić information content (AvgIpc) is 2.68. The lowest BCUT2D eigenvalue weighted by atomic mass is 9.95. The zero-order valence-corrected chi connectivity index (χ0v) is 9.66. The summed E-state index contributed by atoms with van der Waals surface area (Å²) in [5.74, 6) is 0. The van der Waals surface area contributed by atoms with Crippen LogP contribution in [0.3, 0.4) is 0 Å². The van der Waals surface area contributed by atoms with Crippen LogP contribution in [-0.4, -0.2) is 16.4 Å². The molecule has 1 aromatic carbocycles. The Morgan fingerprint density at radius 2 is 2.31 bits per heavy atom. The number of hydrogen-bond donors (Lipinski definition) is 1. The topological polar surface area (TPSA) is 29.9 Å². The Morgan fingerprint density at radius 3 is 3.19 bits per heavy atom. The molecule has 3 rings (SSSR count). The Balaban J connectivity index is 2.14. The standard InChI is InChI=1S/C13H17N3/c1-2-9-14-16-12-8-4-6-10-5-3-7-11(15-16)13(10)12/h4,6,8,14H,2-3,5,7,9H2,1H3. The lowest BCUT2D eigenvalue weighted by Gasteiger charge is -2.09. The number of nitrogens with zero attached hydrogens (tertiary/aromatic N) is 2. The van der Waals surface area contributed by atoms with Crippen molar-refractivity contribution in [3.8, 4) is 0 Å². The van der Waals surface area contributed by atoms with Crippen LogP contribution in [-0.2, 0) is 12.8 Å². The summed E-state index contributed by atoms with van der Waals surface area (Å²) in [5.41, 5.74) is 7.32. The summed E-state index contributed by atoms with van der Waals surface area (Å²) < 4.78 is 0. The number of rotatable bonds is 3. The molecule has 0 amide bonds. The Kier molecular flexibility index (Phi) is 2.31. The van der Waals surface area contributed by atoms with Gasteiger partial charge in [-0.25, -0.2) is 0 Å². The van der Waals surface area contributed by atoms with Crippen LogP contribution in [0.25, 0.3) is 10.9 Å². The van der Waals surface area contributed by atoms with Crippen LogP contribution in [0.15, 0.2) is 18.2 Å². The minimum absolute atomic E-state index is 0.973. The van der Waals surface area contributed by atoms with Crippen LogP contribution in [0.1, 0.15) is 31.0 Å². The number of benzene rings is 1. The molecule has 2 aromatic rings. The Labute approximate surface area is 95.4 Å². The monoisotopic (exact) mass is 215 g/mol. The molecule has 0 bridgehead atoms. The summed E-state index contributed by atoms with van der Waals surface area (Å²) in [7, 11) is 0. The summed E-state index contributed by atoms with van der Waals surface area (Å²) in [4.78, 5) is 1.96. The Bertz CT molecular complexity index is 513. The molecule has 0 saturated carbocycles. The van der Waals surface area contributed by atoms with Gasteiger partial charge in [0, 0.05) is 11.9 Å². The van der Waals surface area contributed by atoms with Gasteiger partial charge < -0.3 is 5.43 Å². The van der Waals surface area contributed by atoms with E-state index in [1.165, 1.54) is 35.0 Å². The second kappa shape index (κ2) is 3.81. The molecule has 0 fully saturated rings. The van der Waals surface area contributed by atoms with Gasteiger partial charge >= 0.3 is 0 Å². The molecule has 0 radical (unpaired) electrons. The number of aryl methyl sites for hydroxylation is 2. The van der Waals surface area contributed by atoms with E-state index < -0.39 is 0 Å². The molecule has 84 valence electrons. The molecule has 16 heavy (non-hydrogen) atoms. The SMILES string of the molecule is CCCNn1nc2c3c(cccc31)CCC2. The van der Waals surface area contributed by atoms with E-state index in [2.05, 4.69) is 35.6 Å². The van der Waals surface area contributed by atoms with E-state index in [-0.39, 0.29) is 0 Å². The highest BCUT2D eigenvalue weighted by Gasteiger charge is 2.17. The van der Waals surface area contributed by atoms with Gasteiger partial charge in [-0.05, 0) is 37.3 Å². The molecule has 0 atom stereocenters. The molecule has 1 N–H and O–H groups in total. The molecule has 1 aliphatic carbocycles. The van der Waals surface area contributed by atoms with Crippen molar-refractivity contribution in [3.05, 3.63) is 29.5 Å². The number of hydrogen-bond acceptors (Lipinski definition) is 2. The van der Waals surface area contributed by atoms with Gasteiger partial charge in [-0.1, -0.05) is 19.1 Å². The van der Waals surface area contributed by atoms with E-state index in [4.69, 9.17) is 0 Å². The Morgan fingerprint density at radius 1 is 1.38 bits per heavy atom. The molecule has 1 aliphatic rings. The van der Waals surface area contributed by atoms with E-state index in [0.29, 0.717) is 0 Å². The molecule has 0 saturated heterocycles. The minimum atomic E-state index is 0.973. The van der Waals surface area contributed by atoms with Crippen LogP contribution in [0.4, 0.5) is 0 Å². The maximum atomic E-state index is 4.66. The highest BCUT2D eigenvalue weighted by Crippen LogP contribution is 2.28. The van der Waals surface area contributed by atoms with Gasteiger partial charge in [0.25, 0.3) is 0 Å². The Hall–Kier alpha value is -1.51. The van der Waals surface area contributed by atoms with Crippen molar-refractivity contribution in [2.24, 2.45) is 0 Å². The fourth-order valence-corrected chi connectivity index (χ4v) is 2.49. The third-order valence-corrected chi connectivity index (χ3v) is 3.24. The van der Waals surface area contributed by atoms with Crippen molar-refractivity contribution in [1.82, 2.24) is 9.89 Å². The third-order valence-electron chi connectivity index (χ3n) is 3.24. The zero-order chi connectivity index (χ0) is 11.0. The lowest BCUT2D eigenvalue weighted by molar-refractivity contribution is 0.705. The van der Waals surface area contributed by atoms with Crippen molar-refractivity contribution in [2.45, 2.75) is 32.6 Å². The average molecular weight is 215 g/mol. The molecule has 1 heterocycles. The molecular weight excluding hydrogens is 198 g/mol. The lowest BCUT2D eigenvalue weighted by Crippen LogP contribution is -2.16. The van der Waals surface area contributed by atoms with Gasteiger partial charge in [-0.15, -0.1) is 0 Å². The van der Waals surface area contributed by atoms with Crippen LogP contribution in [0.2, 0.25) is 0 Å². The first-order chi connectivity index (χ1) is 7.90. The fraction of sp³-hybridized carbons (Fsp3) is 0.462. The highest BCUT2D eigenvalue weighted by molar-refractivity contribution is 5.86. The number of aromatic nitrogens is 2. The van der Waals surface area contributed by atoms with Gasteiger partial charge in [0.1, 0.15) is 0 Å². The van der Waals surface area contributed by atoms with Crippen molar-refractivity contribution >= 4 is 10.9 Å². The van der Waals surface area contributed by atoms with E-state index in [1.54, 1.807) is 0 Å². The van der Waals surface area contributed by atoms with Crippen LogP contribution in [0, 0.1) is 0 Å². The third kappa shape index (κ3) is 1.39. The van der Waals surface area contributed by atoms with E-state index in [1.807, 2.05) is 4.79 Å². The zero-order valence-electron chi connectivity index (χ0n) is 9.66. The summed E-state index contributed by atoms with van der Waals surface area (Å²) in [5, 5.41) is 6.05. The van der Waals surface area contributed by atoms with Gasteiger partial charge in [-0.3, -0.25) is 0 Å². The maximum Gasteiger partial charge on any atom is 0.0924 e. The van der Waals surface area contributed by atoms with Gasteiger partial charge in [-0.2, -0.15) is 9.89 Å². The predicted molar refractivity (Wildman–Crippen MR) is 66.3 cm³/mol. The van der Waals surface area contributed by atoms with Gasteiger partial charge in [0.2, 0.25) is 0 Å². The van der Waals surface area contributed by atoms with E-state index in [0.717, 1.165) is 19.4 Å². The van der Waals surface area contributed by atoms with E-state index in [9.17, 15) is 0 Å². The molecule has 3 heteroatoms. The van der Waals surface area contributed by atoms with Crippen molar-refractivity contribution in [1.29, 1.82) is 0 Å². The molecule has 0 aliphatic heterocycles. The molecule has 1 aromatic heterocycles. The molecule has 3 nitrogen and oxygen atoms in total. The summed E-state index contributed by atoms with van der Waals surface area (Å²) in [6, 6.07) is 6.53. The van der Waals surface area contributed by atoms with Crippen molar-refractivity contribution < 1.29 is 0 Å². The molecular formula is C13H17N3. The van der Waals surface area contributed by atoms with Crippen LogP contribution >= 0.6 is 0 Å². The fourth-order valence-electron chi connectivity index (χ4n) is 2.49. The maximum absolute atomic E-state index is 4.66. The first kappa shape index (κ1) is 9.70. The first-order valence-corrected chi connectivity index (χ1v) is 6.13. The summed E-state index contributed by atoms with van der Waals surface area (Å²) in [6.45, 7) is 3.14. The quantitative estimate of drug-likeness (QED) is 0.852. The second-order valence-corrected chi connectivity index (χ2v) is 4.43. The number of nitrogens with one attached hydrogen (secondary N) is 1. The minimum Gasteiger partial charge on any atom is -0.309 e. The first-order valence-electron chi connectivity index (χ1n) is 6.13. The normalized spacial score (nSPS) is 14.3. The van der Waals surface area contributed by atoms with Crippen molar-refractivity contribution in [2.75, 3.05) is 12.0 Å². The smallest absolute Gasteiger partial charge is 0.0924 e. The molecule has 0 unspecified atom stereocenters. The summed E-state index contributed by atoms with van der Waals surface area (Å²) in [6.07, 6.45) is 4.67. The summed E-state index contributed by atoms with van der Waals surface area (Å²) >= 11 is 0. The van der Waals surface area contributed by atoms with Crippen LogP contribution in [0.5, 0.6) is 0 Å². The van der Waals surface area contributed by atoms with Gasteiger partial charge in [0.05, 0.1) is 11.2 Å². The van der Waals surface area contributed by atoms with E-state index >= 15 is 0 Å². The highest BCUT2D eigenvalue weighted by atomic mass is 15.6.